The van der Waals surface area contributed by atoms with Gasteiger partial charge in [0.2, 0.25) is 0 Å². The van der Waals surface area contributed by atoms with Crippen molar-refractivity contribution < 1.29 is 14.4 Å². The molecule has 0 saturated carbocycles. The molecule has 0 radical (unpaired) electrons. The van der Waals surface area contributed by atoms with Gasteiger partial charge in [-0.1, -0.05) is 0 Å². The molecule has 0 bridgehead atoms. The van der Waals surface area contributed by atoms with Crippen LogP contribution in [0.5, 0.6) is 5.75 Å². The first kappa shape index (κ1) is 17.7. The Bertz CT molecular complexity index is 527. The molecule has 1 heterocycles. The maximum Gasteiger partial charge on any atom is 0.187 e. The molecule has 0 atom stereocenters. The van der Waals surface area contributed by atoms with E-state index in [1.165, 1.54) is 0 Å². The second kappa shape index (κ2) is 9.44. The first-order valence-corrected chi connectivity index (χ1v) is 8.23. The molecule has 126 valence electrons. The number of hydrazone groups is 1. The van der Waals surface area contributed by atoms with Crippen LogP contribution in [-0.2, 0) is 4.74 Å². The van der Waals surface area contributed by atoms with E-state index >= 15 is 0 Å². The van der Waals surface area contributed by atoms with Crippen LogP contribution in [-0.4, -0.2) is 57.3 Å². The van der Waals surface area contributed by atoms with E-state index in [2.05, 4.69) is 15.8 Å². The van der Waals surface area contributed by atoms with Gasteiger partial charge in [-0.15, -0.1) is 0 Å². The molecule has 1 aromatic carbocycles. The van der Waals surface area contributed by atoms with Crippen molar-refractivity contribution in [3.05, 3.63) is 29.8 Å². The number of morpholine rings is 1. The lowest BCUT2D eigenvalue weighted by Crippen LogP contribution is -3.14. The Morgan fingerprint density at radius 3 is 2.65 bits per heavy atom. The van der Waals surface area contributed by atoms with Crippen LogP contribution in [0.1, 0.15) is 12.5 Å². The van der Waals surface area contributed by atoms with Crippen molar-refractivity contribution in [2.75, 3.05) is 46.5 Å². The summed E-state index contributed by atoms with van der Waals surface area (Å²) in [5, 5.41) is 8.04. The van der Waals surface area contributed by atoms with Crippen molar-refractivity contribution in [3.63, 3.8) is 0 Å². The van der Waals surface area contributed by atoms with E-state index in [1.54, 1.807) is 12.0 Å². The van der Waals surface area contributed by atoms with Crippen molar-refractivity contribution in [1.82, 2.24) is 10.7 Å². The monoisotopic (exact) mass is 337 g/mol. The molecule has 0 unspecified atom stereocenters. The maximum atomic E-state index is 5.34. The van der Waals surface area contributed by atoms with E-state index in [-0.39, 0.29) is 0 Å². The molecule has 23 heavy (non-hydrogen) atoms. The van der Waals surface area contributed by atoms with Crippen LogP contribution in [0.25, 0.3) is 0 Å². The fourth-order valence-corrected chi connectivity index (χ4v) is 2.48. The predicted molar refractivity (Wildman–Crippen MR) is 95.3 cm³/mol. The second-order valence-electron chi connectivity index (χ2n) is 5.41. The summed E-state index contributed by atoms with van der Waals surface area (Å²) in [4.78, 5) is 1.55. The first-order chi connectivity index (χ1) is 11.2. The van der Waals surface area contributed by atoms with Gasteiger partial charge in [-0.2, -0.15) is 5.10 Å². The molecule has 1 aliphatic heterocycles. The van der Waals surface area contributed by atoms with Crippen molar-refractivity contribution >= 4 is 23.0 Å². The number of thiocarbonyl (C=S) groups is 1. The van der Waals surface area contributed by atoms with Crippen LogP contribution in [0.3, 0.4) is 0 Å². The van der Waals surface area contributed by atoms with Crippen LogP contribution in [0.4, 0.5) is 0 Å². The molecule has 1 aliphatic rings. The topological polar surface area (TPSA) is 59.3 Å². The minimum Gasteiger partial charge on any atom is -0.497 e. The summed E-state index contributed by atoms with van der Waals surface area (Å²) in [5.74, 6) is 0.831. The Kier molecular flexibility index (Phi) is 7.25. The number of benzene rings is 1. The lowest BCUT2D eigenvalue weighted by atomic mass is 10.1. The smallest absolute Gasteiger partial charge is 0.187 e. The van der Waals surface area contributed by atoms with Crippen LogP contribution in [0.15, 0.2) is 29.4 Å². The molecule has 0 aromatic heterocycles. The zero-order chi connectivity index (χ0) is 16.5. The number of rotatable bonds is 6. The molecule has 2 rings (SSSR count). The first-order valence-electron chi connectivity index (χ1n) is 7.83. The quantitative estimate of drug-likeness (QED) is 0.381. The lowest BCUT2D eigenvalue weighted by molar-refractivity contribution is -0.906. The number of nitrogens with one attached hydrogen (secondary N) is 3. The van der Waals surface area contributed by atoms with Crippen LogP contribution < -0.4 is 20.4 Å². The predicted octanol–water partition coefficient (Wildman–Crippen LogP) is -0.202. The van der Waals surface area contributed by atoms with Crippen LogP contribution >= 0.6 is 12.2 Å². The Balaban J connectivity index is 1.71. The van der Waals surface area contributed by atoms with Gasteiger partial charge in [0.05, 0.1) is 39.1 Å². The number of ether oxygens (including phenoxy) is 2. The zero-order valence-corrected chi connectivity index (χ0v) is 14.5. The van der Waals surface area contributed by atoms with E-state index in [9.17, 15) is 0 Å². The number of methoxy groups -OCH3 is 1. The molecule has 0 amide bonds. The molecular formula is C16H25N4O2S+. The van der Waals surface area contributed by atoms with Crippen molar-refractivity contribution in [2.24, 2.45) is 5.10 Å². The Hall–Kier alpha value is -1.70. The molecule has 3 N–H and O–H groups in total. The Morgan fingerprint density at radius 2 is 2.00 bits per heavy atom. The maximum absolute atomic E-state index is 5.34. The van der Waals surface area contributed by atoms with Crippen molar-refractivity contribution in [1.29, 1.82) is 0 Å². The van der Waals surface area contributed by atoms with Gasteiger partial charge >= 0.3 is 0 Å². The molecule has 7 heteroatoms. The normalized spacial score (nSPS) is 16.0. The highest BCUT2D eigenvalue weighted by Crippen LogP contribution is 2.11. The van der Waals surface area contributed by atoms with Crippen LogP contribution in [0.2, 0.25) is 0 Å². The van der Waals surface area contributed by atoms with Gasteiger partial charge in [0.15, 0.2) is 5.11 Å². The second-order valence-corrected chi connectivity index (χ2v) is 5.81. The van der Waals surface area contributed by atoms with E-state index in [4.69, 9.17) is 21.7 Å². The van der Waals surface area contributed by atoms with Crippen LogP contribution in [0, 0.1) is 0 Å². The molecule has 1 aromatic rings. The van der Waals surface area contributed by atoms with E-state index in [0.29, 0.717) is 5.11 Å². The summed E-state index contributed by atoms with van der Waals surface area (Å²) in [6.45, 7) is 7.64. The van der Waals surface area contributed by atoms with Gasteiger partial charge in [0.25, 0.3) is 0 Å². The fourth-order valence-electron chi connectivity index (χ4n) is 2.33. The minimum atomic E-state index is 0.547. The fraction of sp³-hybridized carbons (Fsp3) is 0.500. The third-order valence-corrected chi connectivity index (χ3v) is 4.03. The molecule has 1 fully saturated rings. The number of quaternary nitrogens is 1. The molecule has 0 aliphatic carbocycles. The summed E-state index contributed by atoms with van der Waals surface area (Å²) in [6.07, 6.45) is 0. The van der Waals surface area contributed by atoms with E-state index in [1.807, 2.05) is 31.2 Å². The van der Waals surface area contributed by atoms with Gasteiger partial charge < -0.3 is 19.7 Å². The highest BCUT2D eigenvalue weighted by molar-refractivity contribution is 7.80. The molecule has 1 saturated heterocycles. The molecular weight excluding hydrogens is 312 g/mol. The van der Waals surface area contributed by atoms with Crippen molar-refractivity contribution in [3.8, 4) is 5.75 Å². The summed E-state index contributed by atoms with van der Waals surface area (Å²) in [6, 6.07) is 7.77. The molecule has 6 nitrogen and oxygen atoms in total. The summed E-state index contributed by atoms with van der Waals surface area (Å²) < 4.78 is 10.5. The molecule has 0 spiro atoms. The highest BCUT2D eigenvalue weighted by Gasteiger charge is 2.12. The summed E-state index contributed by atoms with van der Waals surface area (Å²) in [7, 11) is 1.65. The van der Waals surface area contributed by atoms with Gasteiger partial charge in [-0.3, -0.25) is 5.43 Å². The number of nitrogens with zero attached hydrogens (tertiary/aromatic N) is 1. The third kappa shape index (κ3) is 6.13. The average Bonchev–Trinajstić information content (AvgIpc) is 2.60. The van der Waals surface area contributed by atoms with E-state index < -0.39 is 0 Å². The zero-order valence-electron chi connectivity index (χ0n) is 13.7. The standard InChI is InChI=1S/C16H24N4O2S/c1-13(14-3-5-15(21-2)6-4-14)18-19-16(23)17-7-8-20-9-11-22-12-10-20/h3-6H,7-12H2,1-2H3,(H2,17,19,23)/p+1/b18-13-. The summed E-state index contributed by atoms with van der Waals surface area (Å²) >= 11 is 5.25. The SMILES string of the molecule is COc1ccc(/C(C)=N\NC(=S)NCC[NH+]2CCOCC2)cc1. The third-order valence-electron chi connectivity index (χ3n) is 3.80. The Morgan fingerprint density at radius 1 is 1.30 bits per heavy atom. The summed E-state index contributed by atoms with van der Waals surface area (Å²) in [5.41, 5.74) is 4.79. The average molecular weight is 337 g/mol. The minimum absolute atomic E-state index is 0.547. The van der Waals surface area contributed by atoms with Gasteiger partial charge in [0.1, 0.15) is 18.8 Å². The van der Waals surface area contributed by atoms with Gasteiger partial charge in [-0.25, -0.2) is 0 Å². The van der Waals surface area contributed by atoms with Gasteiger partial charge in [-0.05, 0) is 49.0 Å². The van der Waals surface area contributed by atoms with E-state index in [0.717, 1.165) is 56.4 Å². The lowest BCUT2D eigenvalue weighted by Gasteiger charge is -2.23. The highest BCUT2D eigenvalue weighted by atomic mass is 32.1. The van der Waals surface area contributed by atoms with Crippen molar-refractivity contribution in [2.45, 2.75) is 6.92 Å². The number of hydrogen-bond acceptors (Lipinski definition) is 4. The Labute approximate surface area is 142 Å². The number of hydrogen-bond donors (Lipinski definition) is 3. The largest absolute Gasteiger partial charge is 0.497 e. The van der Waals surface area contributed by atoms with Gasteiger partial charge in [0, 0.05) is 0 Å².